The lowest BCUT2D eigenvalue weighted by atomic mass is 10.0. The molecule has 0 saturated carbocycles. The van der Waals surface area contributed by atoms with Gasteiger partial charge in [-0.25, -0.2) is 4.39 Å². The van der Waals surface area contributed by atoms with Gasteiger partial charge in [-0.15, -0.1) is 0 Å². The predicted octanol–water partition coefficient (Wildman–Crippen LogP) is 3.64. The summed E-state index contributed by atoms with van der Waals surface area (Å²) in [6.45, 7) is 4.14. The van der Waals surface area contributed by atoms with Gasteiger partial charge in [0.1, 0.15) is 11.4 Å². The number of rotatable bonds is 6. The number of fused-ring (bicyclic) bond motifs is 1. The predicted molar refractivity (Wildman–Crippen MR) is 102 cm³/mol. The molecule has 0 saturated heterocycles. The van der Waals surface area contributed by atoms with E-state index in [1.807, 2.05) is 26.0 Å². The summed E-state index contributed by atoms with van der Waals surface area (Å²) >= 11 is 0. The highest BCUT2D eigenvalue weighted by molar-refractivity contribution is 5.97. The van der Waals surface area contributed by atoms with E-state index in [1.54, 1.807) is 6.26 Å². The van der Waals surface area contributed by atoms with Crippen molar-refractivity contribution in [1.82, 2.24) is 0 Å². The lowest BCUT2D eigenvalue weighted by molar-refractivity contribution is -0.118. The van der Waals surface area contributed by atoms with E-state index < -0.39 is 11.7 Å². The number of nitrogens with zero attached hydrogens (tertiary/aromatic N) is 1. The van der Waals surface area contributed by atoms with Crippen molar-refractivity contribution < 1.29 is 18.4 Å². The van der Waals surface area contributed by atoms with Crippen molar-refractivity contribution in [2.45, 2.75) is 26.7 Å². The number of primary amides is 1. The minimum atomic E-state index is -0.505. The lowest BCUT2D eigenvalue weighted by Gasteiger charge is -2.22. The number of aryl methyl sites for hydroxylation is 2. The van der Waals surface area contributed by atoms with Crippen LogP contribution >= 0.6 is 0 Å². The van der Waals surface area contributed by atoms with Crippen LogP contribution in [-0.4, -0.2) is 18.4 Å². The van der Waals surface area contributed by atoms with Crippen molar-refractivity contribution in [1.29, 1.82) is 0 Å². The minimum Gasteiger partial charge on any atom is -0.464 e. The van der Waals surface area contributed by atoms with Crippen LogP contribution in [-0.2, 0) is 16.0 Å². The van der Waals surface area contributed by atoms with E-state index in [-0.39, 0.29) is 25.3 Å². The van der Waals surface area contributed by atoms with Crippen LogP contribution in [0.3, 0.4) is 0 Å². The number of benzene rings is 2. The van der Waals surface area contributed by atoms with Crippen molar-refractivity contribution in [3.63, 3.8) is 0 Å². The normalized spacial score (nSPS) is 10.9. The molecule has 6 heteroatoms. The van der Waals surface area contributed by atoms with E-state index in [9.17, 15) is 14.0 Å². The number of halogens is 1. The van der Waals surface area contributed by atoms with Gasteiger partial charge in [0.05, 0.1) is 12.7 Å². The zero-order valence-corrected chi connectivity index (χ0v) is 15.3. The summed E-state index contributed by atoms with van der Waals surface area (Å²) in [4.78, 5) is 25.6. The monoisotopic (exact) mass is 368 g/mol. The van der Waals surface area contributed by atoms with E-state index in [4.69, 9.17) is 10.2 Å². The maximum Gasteiger partial charge on any atom is 0.231 e. The van der Waals surface area contributed by atoms with Gasteiger partial charge in [-0.05, 0) is 61.4 Å². The zero-order valence-electron chi connectivity index (χ0n) is 15.3. The number of amides is 2. The topological polar surface area (TPSA) is 76.5 Å². The average Bonchev–Trinajstić information content (AvgIpc) is 2.98. The Morgan fingerprint density at radius 2 is 1.78 bits per heavy atom. The standard InChI is InChI=1S/C21H21FN2O3/c1-13-9-18-15(12-27-19(18)10-14(13)2)11-21(26)24(8-7-20(23)25)17-5-3-16(22)4-6-17/h3-6,9-10,12H,7-8,11H2,1-2H3,(H2,23,25). The van der Waals surface area contributed by atoms with Gasteiger partial charge in [-0.2, -0.15) is 0 Å². The molecule has 1 aromatic heterocycles. The van der Waals surface area contributed by atoms with Gasteiger partial charge < -0.3 is 15.1 Å². The third-order valence-corrected chi connectivity index (χ3v) is 4.63. The van der Waals surface area contributed by atoms with Crippen molar-refractivity contribution in [3.05, 3.63) is 65.2 Å². The number of anilines is 1. The first-order valence-corrected chi connectivity index (χ1v) is 8.66. The van der Waals surface area contributed by atoms with Gasteiger partial charge >= 0.3 is 0 Å². The molecule has 2 N–H and O–H groups in total. The number of hydrogen-bond donors (Lipinski definition) is 1. The summed E-state index contributed by atoms with van der Waals surface area (Å²) in [5.74, 6) is -1.12. The second-order valence-electron chi connectivity index (χ2n) is 6.61. The fourth-order valence-corrected chi connectivity index (χ4v) is 2.97. The van der Waals surface area contributed by atoms with Gasteiger partial charge in [0.15, 0.2) is 0 Å². The maximum atomic E-state index is 13.2. The number of nitrogens with two attached hydrogens (primary N) is 1. The van der Waals surface area contributed by atoms with Crippen LogP contribution in [0.2, 0.25) is 0 Å². The van der Waals surface area contributed by atoms with E-state index in [2.05, 4.69) is 0 Å². The molecule has 0 aliphatic rings. The SMILES string of the molecule is Cc1cc2occ(CC(=O)N(CCC(N)=O)c3ccc(F)cc3)c2cc1C. The average molecular weight is 368 g/mol. The molecule has 27 heavy (non-hydrogen) atoms. The molecule has 5 nitrogen and oxygen atoms in total. The Hall–Kier alpha value is -3.15. The number of hydrogen-bond acceptors (Lipinski definition) is 3. The Labute approximate surface area is 156 Å². The first-order valence-electron chi connectivity index (χ1n) is 8.66. The first-order chi connectivity index (χ1) is 12.8. The van der Waals surface area contributed by atoms with Gasteiger partial charge in [-0.1, -0.05) is 0 Å². The molecule has 0 radical (unpaired) electrons. The number of carbonyl (C=O) groups excluding carboxylic acids is 2. The fourth-order valence-electron chi connectivity index (χ4n) is 2.97. The molecule has 1 heterocycles. The highest BCUT2D eigenvalue weighted by atomic mass is 19.1. The number of furan rings is 1. The second kappa shape index (κ2) is 7.61. The summed E-state index contributed by atoms with van der Waals surface area (Å²) in [5, 5.41) is 0.889. The van der Waals surface area contributed by atoms with Gasteiger partial charge in [-0.3, -0.25) is 9.59 Å². The quantitative estimate of drug-likeness (QED) is 0.722. The van der Waals surface area contributed by atoms with Crippen LogP contribution < -0.4 is 10.6 Å². The van der Waals surface area contributed by atoms with Gasteiger partial charge in [0, 0.05) is 29.6 Å². The Morgan fingerprint density at radius 3 is 2.44 bits per heavy atom. The molecule has 0 bridgehead atoms. The summed E-state index contributed by atoms with van der Waals surface area (Å²) in [7, 11) is 0. The molecular weight excluding hydrogens is 347 g/mol. The first kappa shape index (κ1) is 18.6. The molecule has 0 spiro atoms. The van der Waals surface area contributed by atoms with Crippen LogP contribution in [0.4, 0.5) is 10.1 Å². The highest BCUT2D eigenvalue weighted by Gasteiger charge is 2.19. The van der Waals surface area contributed by atoms with Crippen LogP contribution in [0, 0.1) is 19.7 Å². The molecule has 0 unspecified atom stereocenters. The number of carbonyl (C=O) groups is 2. The van der Waals surface area contributed by atoms with Crippen molar-refractivity contribution in [2.75, 3.05) is 11.4 Å². The lowest BCUT2D eigenvalue weighted by Crippen LogP contribution is -2.35. The Morgan fingerprint density at radius 1 is 1.11 bits per heavy atom. The molecule has 3 aromatic rings. The third-order valence-electron chi connectivity index (χ3n) is 4.63. The fraction of sp³-hybridized carbons (Fsp3) is 0.238. The van der Waals surface area contributed by atoms with Crippen LogP contribution in [0.15, 0.2) is 47.1 Å². The van der Waals surface area contributed by atoms with Crippen LogP contribution in [0.1, 0.15) is 23.1 Å². The van der Waals surface area contributed by atoms with E-state index in [0.717, 1.165) is 27.7 Å². The summed E-state index contributed by atoms with van der Waals surface area (Å²) in [5.41, 5.74) is 9.47. The molecule has 0 fully saturated rings. The summed E-state index contributed by atoms with van der Waals surface area (Å²) < 4.78 is 18.8. The minimum absolute atomic E-state index is 0.0214. The molecule has 2 amide bonds. The Kier molecular flexibility index (Phi) is 5.26. The van der Waals surface area contributed by atoms with Gasteiger partial charge in [0.2, 0.25) is 11.8 Å². The Balaban J connectivity index is 1.89. The Bertz CT molecular complexity index is 993. The molecule has 0 atom stereocenters. The maximum absolute atomic E-state index is 13.2. The third kappa shape index (κ3) is 4.16. The molecule has 0 aliphatic heterocycles. The van der Waals surface area contributed by atoms with Gasteiger partial charge in [0.25, 0.3) is 0 Å². The second-order valence-corrected chi connectivity index (χ2v) is 6.61. The highest BCUT2D eigenvalue weighted by Crippen LogP contribution is 2.26. The molecule has 0 aliphatic carbocycles. The van der Waals surface area contributed by atoms with E-state index in [0.29, 0.717) is 5.69 Å². The molecule has 3 rings (SSSR count). The molecular formula is C21H21FN2O3. The van der Waals surface area contributed by atoms with E-state index in [1.165, 1.54) is 29.2 Å². The van der Waals surface area contributed by atoms with Crippen molar-refractivity contribution in [2.24, 2.45) is 5.73 Å². The largest absolute Gasteiger partial charge is 0.464 e. The van der Waals surface area contributed by atoms with Crippen LogP contribution in [0.5, 0.6) is 0 Å². The van der Waals surface area contributed by atoms with Crippen molar-refractivity contribution >= 4 is 28.5 Å². The van der Waals surface area contributed by atoms with Crippen LogP contribution in [0.25, 0.3) is 11.0 Å². The molecule has 2 aromatic carbocycles. The molecule has 140 valence electrons. The summed E-state index contributed by atoms with van der Waals surface area (Å²) in [6, 6.07) is 9.52. The smallest absolute Gasteiger partial charge is 0.231 e. The summed E-state index contributed by atoms with van der Waals surface area (Å²) in [6.07, 6.45) is 1.71. The van der Waals surface area contributed by atoms with Crippen molar-refractivity contribution in [3.8, 4) is 0 Å². The zero-order chi connectivity index (χ0) is 19.6. The van der Waals surface area contributed by atoms with E-state index >= 15 is 0 Å².